The molecule has 0 unspecified atom stereocenters. The topological polar surface area (TPSA) is 452 Å². The summed E-state index contributed by atoms with van der Waals surface area (Å²) >= 11 is 0. The van der Waals surface area contributed by atoms with Crippen LogP contribution >= 0.6 is 0 Å². The Balaban J connectivity index is 1.15. The SMILES string of the molecule is O=C(O)CC[C@H](NC(=O)N[C@@H](CCCCNC(=O)[C@@H](Cc1ccc2ccccc2c1)NC(=O)C1CCC(CNC(=O)[C@H](CCCCNC(=O)CN2CCN(CC(=O)O)CCN(CC(=O)O)CCN(CC(=O)O)CC2)NC(=O)CNC(=O)CCCc2ccc(F)cc2)CC1)C(=O)O)C(=O)O. The van der Waals surface area contributed by atoms with E-state index in [1.165, 1.54) is 12.1 Å². The second-order valence-corrected chi connectivity index (χ2v) is 25.0. The first kappa shape index (κ1) is 80.3. The van der Waals surface area contributed by atoms with Crippen molar-refractivity contribution in [3.8, 4) is 0 Å². The zero-order chi connectivity index (χ0) is 72.2. The largest absolute Gasteiger partial charge is 0.481 e. The minimum atomic E-state index is -1.58. The van der Waals surface area contributed by atoms with Crippen molar-refractivity contribution in [2.45, 2.75) is 127 Å². The van der Waals surface area contributed by atoms with E-state index in [1.807, 2.05) is 42.5 Å². The van der Waals surface area contributed by atoms with Crippen LogP contribution < -0.4 is 42.5 Å². The van der Waals surface area contributed by atoms with Crippen LogP contribution in [0.25, 0.3) is 10.8 Å². The molecule has 1 saturated heterocycles. The summed E-state index contributed by atoms with van der Waals surface area (Å²) in [4.78, 5) is 170. The predicted octanol–water partition coefficient (Wildman–Crippen LogP) is 0.671. The van der Waals surface area contributed by atoms with Gasteiger partial charge in [0.05, 0.1) is 32.7 Å². The number of unbranched alkanes of at least 4 members (excludes halogenated alkanes) is 2. The number of hydrogen-bond donors (Lipinski definition) is 14. The van der Waals surface area contributed by atoms with Crippen molar-refractivity contribution in [3.63, 3.8) is 0 Å². The van der Waals surface area contributed by atoms with Crippen molar-refractivity contribution in [3.05, 3.63) is 83.7 Å². The number of rotatable bonds is 40. The molecule has 32 heteroatoms. The summed E-state index contributed by atoms with van der Waals surface area (Å²) in [5, 5.41) is 79.9. The van der Waals surface area contributed by atoms with E-state index in [-0.39, 0.29) is 160 Å². The average Bonchev–Trinajstić information content (AvgIpc) is 0.864. The molecular weight excluding hydrogens is 1300 g/mol. The fraction of sp³-hybridized carbons (Fsp3) is 0.567. The molecule has 544 valence electrons. The lowest BCUT2D eigenvalue weighted by atomic mass is 9.81. The Morgan fingerprint density at radius 2 is 0.949 bits per heavy atom. The number of fused-ring (bicyclic) bond motifs is 1. The molecule has 3 aromatic rings. The van der Waals surface area contributed by atoms with Crippen LogP contribution in [0.15, 0.2) is 66.7 Å². The number of amides is 8. The van der Waals surface area contributed by atoms with E-state index >= 15 is 0 Å². The normalized spacial score (nSPS) is 17.1. The van der Waals surface area contributed by atoms with E-state index < -0.39 is 115 Å². The number of aryl methyl sites for hydroxylation is 1. The van der Waals surface area contributed by atoms with E-state index in [0.29, 0.717) is 51.4 Å². The quantitative estimate of drug-likeness (QED) is 0.0348. The number of urea groups is 1. The van der Waals surface area contributed by atoms with E-state index in [2.05, 4.69) is 42.5 Å². The summed E-state index contributed by atoms with van der Waals surface area (Å²) in [5.41, 5.74) is 1.60. The van der Waals surface area contributed by atoms with Gasteiger partial charge in [0.25, 0.3) is 0 Å². The number of nitrogens with one attached hydrogen (secondary N) is 8. The lowest BCUT2D eigenvalue weighted by Crippen LogP contribution is -2.51. The average molecular weight is 1390 g/mol. The van der Waals surface area contributed by atoms with Gasteiger partial charge < -0.3 is 73.2 Å². The number of nitrogens with zero attached hydrogens (tertiary/aromatic N) is 4. The molecule has 5 rings (SSSR count). The molecule has 1 aliphatic carbocycles. The summed E-state index contributed by atoms with van der Waals surface area (Å²) < 4.78 is 13.4. The summed E-state index contributed by atoms with van der Waals surface area (Å²) in [6, 6.07) is 13.0. The first-order valence-electron chi connectivity index (χ1n) is 33.5. The Morgan fingerprint density at radius 3 is 1.49 bits per heavy atom. The molecule has 1 aliphatic heterocycles. The van der Waals surface area contributed by atoms with Gasteiger partial charge in [-0.25, -0.2) is 18.8 Å². The molecule has 0 spiro atoms. The Kier molecular flexibility index (Phi) is 35.0. The first-order chi connectivity index (χ1) is 47.3. The number of carboxylic acids is 6. The number of aliphatic carboxylic acids is 6. The van der Waals surface area contributed by atoms with Gasteiger partial charge in [0.2, 0.25) is 35.4 Å². The smallest absolute Gasteiger partial charge is 0.326 e. The molecule has 1 heterocycles. The third-order valence-corrected chi connectivity index (χ3v) is 17.2. The standard InChI is InChI=1S/C67H95FN12O19/c68-50-22-17-44(18-23-50)8-7-13-55(81)71-39-56(82)73-51(11-3-5-26-69-57(83)40-77-28-30-78(41-59(86)87)32-34-80(43-61(90)91)35-33-79(31-29-77)42-60(88)89)63(93)72-38-45-14-20-48(21-15-45)62(92)74-54(37-46-16-19-47-9-1-2-10-49(47)36-46)64(94)70-27-6-4-12-52(65(95)96)75-67(99)76-53(66(97)98)24-25-58(84)85/h1-2,9-10,16-19,22-23,36,45,48,51-54H,3-8,11-15,20-21,24-35,37-43H2,(H,69,83)(H,70,94)(H,71,81)(H,72,93)(H,73,82)(H,74,92)(H,84,85)(H,86,87)(H,88,89)(H,90,91)(H,95,96)(H,97,98)(H2,75,76,99)/t45?,48?,51-,52-,53-,54+/m0/s1. The predicted molar refractivity (Wildman–Crippen MR) is 356 cm³/mol. The second-order valence-electron chi connectivity index (χ2n) is 25.0. The highest BCUT2D eigenvalue weighted by Crippen LogP contribution is 2.29. The van der Waals surface area contributed by atoms with Gasteiger partial charge in [-0.15, -0.1) is 0 Å². The molecule has 99 heavy (non-hydrogen) atoms. The van der Waals surface area contributed by atoms with Gasteiger partial charge >= 0.3 is 41.8 Å². The number of carbonyl (C=O) groups excluding carboxylic acids is 7. The molecule has 14 N–H and O–H groups in total. The summed E-state index contributed by atoms with van der Waals surface area (Å²) in [7, 11) is 0. The third-order valence-electron chi connectivity index (χ3n) is 17.2. The summed E-state index contributed by atoms with van der Waals surface area (Å²) in [6.45, 7) is 0.698. The minimum Gasteiger partial charge on any atom is -0.481 e. The van der Waals surface area contributed by atoms with Crippen LogP contribution in [0.5, 0.6) is 0 Å². The number of halogens is 1. The van der Waals surface area contributed by atoms with Crippen LogP contribution in [0.2, 0.25) is 0 Å². The van der Waals surface area contributed by atoms with Gasteiger partial charge in [-0.1, -0.05) is 54.6 Å². The van der Waals surface area contributed by atoms with Crippen LogP contribution in [0.4, 0.5) is 9.18 Å². The molecule has 3 aromatic carbocycles. The highest BCUT2D eigenvalue weighted by atomic mass is 19.1. The first-order valence-corrected chi connectivity index (χ1v) is 33.5. The lowest BCUT2D eigenvalue weighted by molar-refractivity contribution is -0.141. The van der Waals surface area contributed by atoms with Crippen molar-refractivity contribution in [2.75, 3.05) is 105 Å². The Morgan fingerprint density at radius 1 is 0.444 bits per heavy atom. The lowest BCUT2D eigenvalue weighted by Gasteiger charge is -2.32. The van der Waals surface area contributed by atoms with Crippen LogP contribution in [0, 0.1) is 17.7 Å². The summed E-state index contributed by atoms with van der Waals surface area (Å²) in [6.07, 6.45) is 3.23. The Hall–Kier alpha value is -9.40. The molecular formula is C67H95FN12O19. The molecule has 4 atom stereocenters. The Labute approximate surface area is 572 Å². The van der Waals surface area contributed by atoms with Crippen molar-refractivity contribution < 1.29 is 97.4 Å². The summed E-state index contributed by atoms with van der Waals surface area (Å²) in [5.74, 6) is -11.1. The molecule has 0 bridgehead atoms. The van der Waals surface area contributed by atoms with Crippen molar-refractivity contribution in [1.29, 1.82) is 0 Å². The number of carboxylic acid groups (broad SMARTS) is 6. The second kappa shape index (κ2) is 43.1. The van der Waals surface area contributed by atoms with Crippen LogP contribution in [0.1, 0.15) is 101 Å². The van der Waals surface area contributed by atoms with Gasteiger partial charge in [0.15, 0.2) is 0 Å². The van der Waals surface area contributed by atoms with Crippen LogP contribution in [-0.4, -0.2) is 256 Å². The zero-order valence-electron chi connectivity index (χ0n) is 55.6. The third kappa shape index (κ3) is 32.2. The highest BCUT2D eigenvalue weighted by Gasteiger charge is 2.32. The number of hydrogen-bond acceptors (Lipinski definition) is 17. The maximum absolute atomic E-state index is 14.1. The van der Waals surface area contributed by atoms with Gasteiger partial charge in [0.1, 0.15) is 30.0 Å². The molecule has 8 amide bonds. The molecule has 0 radical (unpaired) electrons. The van der Waals surface area contributed by atoms with E-state index in [4.69, 9.17) is 5.11 Å². The fourth-order valence-corrected chi connectivity index (χ4v) is 11.7. The van der Waals surface area contributed by atoms with Gasteiger partial charge in [0, 0.05) is 97.2 Å². The van der Waals surface area contributed by atoms with Crippen LogP contribution in [-0.2, 0) is 70.4 Å². The zero-order valence-corrected chi connectivity index (χ0v) is 55.6. The molecule has 2 fully saturated rings. The maximum atomic E-state index is 14.1. The van der Waals surface area contributed by atoms with Gasteiger partial charge in [-0.3, -0.25) is 67.5 Å². The van der Waals surface area contributed by atoms with Crippen molar-refractivity contribution in [2.24, 2.45) is 11.8 Å². The molecule has 31 nitrogen and oxygen atoms in total. The molecule has 1 saturated carbocycles. The van der Waals surface area contributed by atoms with Crippen molar-refractivity contribution in [1.82, 2.24) is 62.1 Å². The maximum Gasteiger partial charge on any atom is 0.326 e. The fourth-order valence-electron chi connectivity index (χ4n) is 11.7. The molecule has 2 aliphatic rings. The minimum absolute atomic E-state index is 0.0663. The van der Waals surface area contributed by atoms with E-state index in [1.54, 1.807) is 31.7 Å². The number of carbonyl (C=O) groups is 13. The van der Waals surface area contributed by atoms with Gasteiger partial charge in [-0.05, 0) is 123 Å². The Bertz CT molecular complexity index is 3180. The number of benzene rings is 3. The van der Waals surface area contributed by atoms with Gasteiger partial charge in [-0.2, -0.15) is 0 Å². The molecule has 0 aromatic heterocycles. The van der Waals surface area contributed by atoms with E-state index in [9.17, 15) is 92.3 Å². The van der Waals surface area contributed by atoms with Crippen LogP contribution in [0.3, 0.4) is 0 Å². The monoisotopic (exact) mass is 1390 g/mol. The van der Waals surface area contributed by atoms with Crippen molar-refractivity contribution >= 4 is 88.1 Å². The highest BCUT2D eigenvalue weighted by molar-refractivity contribution is 5.91. The van der Waals surface area contributed by atoms with E-state index in [0.717, 1.165) is 21.9 Å².